The largest absolute Gasteiger partial charge is 0.477 e. The molecule has 5 heterocycles. The minimum Gasteiger partial charge on any atom is -0.477 e. The van der Waals surface area contributed by atoms with Crippen molar-refractivity contribution >= 4 is 69.3 Å². The third-order valence-electron chi connectivity index (χ3n) is 5.81. The number of nitrogens with one attached hydrogen (secondary N) is 1. The molecule has 0 spiro atoms. The number of β-lactam (4-membered cyclic amide) rings is 1. The minimum absolute atomic E-state index is 0.0832. The molecule has 20 heteroatoms. The van der Waals surface area contributed by atoms with Gasteiger partial charge in [0.15, 0.2) is 11.3 Å². The molecular formula is C22H19F3N9O5S3+. The summed E-state index contributed by atoms with van der Waals surface area (Å²) in [6.45, 7) is -1.78. The van der Waals surface area contributed by atoms with Gasteiger partial charge in [-0.2, -0.15) is 22.5 Å². The summed E-state index contributed by atoms with van der Waals surface area (Å²) in [5.41, 5.74) is 5.78. The molecule has 1 fully saturated rings. The number of hydrogen-bond donors (Lipinski definition) is 3. The molecule has 2 atom stereocenters. The Bertz CT molecular complexity index is 1670. The lowest BCUT2D eigenvalue weighted by Crippen LogP contribution is -2.71. The zero-order valence-electron chi connectivity index (χ0n) is 21.2. The third-order valence-corrected chi connectivity index (χ3v) is 8.38. The molecule has 220 valence electrons. The minimum atomic E-state index is -4.72. The molecule has 2 amide bonds. The van der Waals surface area contributed by atoms with E-state index in [0.717, 1.165) is 10.5 Å². The van der Waals surface area contributed by atoms with Crippen LogP contribution in [-0.4, -0.2) is 82.4 Å². The lowest BCUT2D eigenvalue weighted by molar-refractivity contribution is -0.644. The van der Waals surface area contributed by atoms with Crippen molar-refractivity contribution in [3.05, 3.63) is 53.1 Å². The summed E-state index contributed by atoms with van der Waals surface area (Å²) in [5, 5.41) is 21.4. The Morgan fingerprint density at radius 1 is 1.40 bits per heavy atom. The number of carboxylic acids is 1. The number of fused-ring (bicyclic) bond motifs is 2. The highest BCUT2D eigenvalue weighted by atomic mass is 32.2. The number of aromatic nitrogens is 5. The van der Waals surface area contributed by atoms with E-state index in [-0.39, 0.29) is 16.6 Å². The zero-order valence-corrected chi connectivity index (χ0v) is 23.6. The number of nitrogens with zero attached hydrogens (tertiary/aromatic N) is 7. The Labute approximate surface area is 246 Å². The number of halogens is 3. The Morgan fingerprint density at radius 3 is 2.88 bits per heavy atom. The molecule has 2 aliphatic rings. The van der Waals surface area contributed by atoms with Gasteiger partial charge < -0.3 is 21.0 Å². The van der Waals surface area contributed by atoms with Crippen molar-refractivity contribution in [2.45, 2.75) is 22.6 Å². The van der Waals surface area contributed by atoms with Crippen molar-refractivity contribution in [3.8, 4) is 0 Å². The van der Waals surface area contributed by atoms with E-state index < -0.39 is 53.5 Å². The van der Waals surface area contributed by atoms with E-state index in [1.54, 1.807) is 22.2 Å². The first-order chi connectivity index (χ1) is 19.9. The number of rotatable bonds is 9. The molecule has 0 saturated carbocycles. The summed E-state index contributed by atoms with van der Waals surface area (Å²) in [6.07, 6.45) is 0.508. The number of allylic oxidation sites excluding steroid dienone is 1. The number of amides is 2. The summed E-state index contributed by atoms with van der Waals surface area (Å²) in [4.78, 5) is 47.1. The van der Waals surface area contributed by atoms with Crippen molar-refractivity contribution in [2.24, 2.45) is 12.2 Å². The molecule has 0 unspecified atom stereocenters. The van der Waals surface area contributed by atoms with Gasteiger partial charge in [0, 0.05) is 23.4 Å². The van der Waals surface area contributed by atoms with Crippen molar-refractivity contribution in [2.75, 3.05) is 18.1 Å². The quantitative estimate of drug-likeness (QED) is 0.0993. The molecular weight excluding hydrogens is 623 g/mol. The van der Waals surface area contributed by atoms with Gasteiger partial charge in [0.25, 0.3) is 11.8 Å². The summed E-state index contributed by atoms with van der Waals surface area (Å²) in [7, 11) is 1.89. The van der Waals surface area contributed by atoms with Crippen molar-refractivity contribution in [1.29, 1.82) is 0 Å². The Balaban J connectivity index is 1.30. The van der Waals surface area contributed by atoms with Crippen LogP contribution in [0.3, 0.4) is 0 Å². The summed E-state index contributed by atoms with van der Waals surface area (Å²) in [6, 6.07) is 2.51. The van der Waals surface area contributed by atoms with E-state index in [1.165, 1.54) is 23.5 Å². The van der Waals surface area contributed by atoms with E-state index >= 15 is 0 Å². The number of carbonyl (C=O) groups is 3. The van der Waals surface area contributed by atoms with Crippen LogP contribution in [0.15, 0.2) is 57.5 Å². The molecule has 0 aromatic carbocycles. The van der Waals surface area contributed by atoms with Crippen molar-refractivity contribution < 1.29 is 42.1 Å². The number of carboxylic acid groups (broad SMARTS) is 1. The van der Waals surface area contributed by atoms with E-state index in [4.69, 9.17) is 5.73 Å². The van der Waals surface area contributed by atoms with E-state index in [0.29, 0.717) is 22.1 Å². The number of aryl methyl sites for hydroxylation is 1. The molecule has 3 aromatic rings. The number of alkyl halides is 3. The van der Waals surface area contributed by atoms with E-state index in [9.17, 15) is 32.7 Å². The maximum Gasteiger partial charge on any atom is 0.425 e. The van der Waals surface area contributed by atoms with Crippen LogP contribution in [0.5, 0.6) is 0 Å². The van der Waals surface area contributed by atoms with Crippen LogP contribution >= 0.6 is 35.1 Å². The number of thioether (sulfide) groups is 2. The molecule has 0 radical (unpaired) electrons. The van der Waals surface area contributed by atoms with Gasteiger partial charge in [-0.25, -0.2) is 9.36 Å². The first kappa shape index (κ1) is 29.3. The van der Waals surface area contributed by atoms with Crippen LogP contribution in [0.2, 0.25) is 0 Å². The SMILES string of the molecule is C[n+]1ccn2nc(S/C=C/C3=C(C(=O)O)N4C(=O)[C@@H](NC(=O)/C(=N\OCC(F)(F)F)c5nsc(N)n5)[C@H]4SC3)ccc21. The van der Waals surface area contributed by atoms with Gasteiger partial charge in [0.2, 0.25) is 18.1 Å². The van der Waals surface area contributed by atoms with Crippen LogP contribution in [-0.2, 0) is 26.3 Å². The van der Waals surface area contributed by atoms with Crippen LogP contribution in [0, 0.1) is 0 Å². The van der Waals surface area contributed by atoms with Crippen molar-refractivity contribution in [3.63, 3.8) is 0 Å². The maximum atomic E-state index is 13.0. The summed E-state index contributed by atoms with van der Waals surface area (Å²) < 4.78 is 44.9. The van der Waals surface area contributed by atoms with E-state index in [2.05, 4.69) is 29.8 Å². The topological polar surface area (TPSA) is 181 Å². The number of carbonyl (C=O) groups excluding carboxylic acids is 2. The standard InChI is InChI=1S/C22H18F3N9O5S3/c1-32-5-6-33-12(32)3-2-11(29-33)40-7-4-10-8-41-19-14(18(36)34(19)15(10)20(37)38)27-17(35)13(16-28-21(26)42-31-16)30-39-9-22(23,24)25/h2-7,14,19H,8-9H2,1H3,(H3-,26,27,28,31,35,37,38)/p+1/b7-4+,30-13-/t14-,19-/m1/s1. The molecule has 2 aliphatic heterocycles. The molecule has 0 bridgehead atoms. The first-order valence-corrected chi connectivity index (χ1v) is 14.4. The maximum absolute atomic E-state index is 13.0. The molecule has 14 nitrogen and oxygen atoms in total. The lowest BCUT2D eigenvalue weighted by atomic mass is 10.0. The van der Waals surface area contributed by atoms with Gasteiger partial charge in [0.1, 0.15) is 28.3 Å². The van der Waals surface area contributed by atoms with Gasteiger partial charge in [-0.1, -0.05) is 22.0 Å². The highest BCUT2D eigenvalue weighted by molar-refractivity contribution is 8.02. The number of nitrogen functional groups attached to an aromatic ring is 1. The molecule has 0 aliphatic carbocycles. The second-order valence-corrected chi connectivity index (χ2v) is 11.4. The fourth-order valence-electron chi connectivity index (χ4n) is 3.96. The van der Waals surface area contributed by atoms with Crippen LogP contribution in [0.4, 0.5) is 18.3 Å². The third kappa shape index (κ3) is 6.04. The zero-order chi connectivity index (χ0) is 30.2. The fraction of sp³-hybridized carbons (Fsp3) is 0.273. The number of oxime groups is 1. The molecule has 1 saturated heterocycles. The van der Waals surface area contributed by atoms with Gasteiger partial charge >= 0.3 is 17.8 Å². The second kappa shape index (κ2) is 11.6. The van der Waals surface area contributed by atoms with Gasteiger partial charge in [-0.3, -0.25) is 14.5 Å². The monoisotopic (exact) mass is 642 g/mol. The predicted molar refractivity (Wildman–Crippen MR) is 144 cm³/mol. The highest BCUT2D eigenvalue weighted by Gasteiger charge is 2.54. The fourth-order valence-corrected chi connectivity index (χ4v) is 6.36. The van der Waals surface area contributed by atoms with Crippen molar-refractivity contribution in [1.82, 2.24) is 29.2 Å². The lowest BCUT2D eigenvalue weighted by Gasteiger charge is -2.49. The van der Waals surface area contributed by atoms with Crippen LogP contribution < -0.4 is 15.6 Å². The first-order valence-electron chi connectivity index (χ1n) is 11.7. The molecule has 42 heavy (non-hydrogen) atoms. The van der Waals surface area contributed by atoms with Gasteiger partial charge in [-0.15, -0.1) is 16.3 Å². The van der Waals surface area contributed by atoms with Crippen LogP contribution in [0.1, 0.15) is 5.82 Å². The van der Waals surface area contributed by atoms with E-state index in [1.807, 2.05) is 29.9 Å². The summed E-state index contributed by atoms with van der Waals surface area (Å²) in [5.74, 6) is -3.37. The predicted octanol–water partition coefficient (Wildman–Crippen LogP) is 0.920. The average Bonchev–Trinajstić information content (AvgIpc) is 3.53. The number of nitrogens with two attached hydrogens (primary N) is 1. The van der Waals surface area contributed by atoms with Gasteiger partial charge in [-0.05, 0) is 23.1 Å². The smallest absolute Gasteiger partial charge is 0.425 e. The Hall–Kier alpha value is -4.17. The number of hydrogen-bond acceptors (Lipinski definition) is 12. The molecule has 4 N–H and O–H groups in total. The number of imidazole rings is 1. The molecule has 3 aromatic heterocycles. The normalized spacial score (nSPS) is 19.3. The second-order valence-electron chi connectivity index (χ2n) is 8.63. The summed E-state index contributed by atoms with van der Waals surface area (Å²) >= 11 is 3.13. The average molecular weight is 643 g/mol. The Morgan fingerprint density at radius 2 is 2.19 bits per heavy atom. The molecule has 5 rings (SSSR count). The Kier molecular flexibility index (Phi) is 8.10. The van der Waals surface area contributed by atoms with Crippen LogP contribution in [0.25, 0.3) is 5.65 Å². The number of aliphatic carboxylic acids is 1. The highest BCUT2D eigenvalue weighted by Crippen LogP contribution is 2.41. The van der Waals surface area contributed by atoms with Gasteiger partial charge in [0.05, 0.1) is 7.05 Å². The number of anilines is 1.